The van der Waals surface area contributed by atoms with E-state index in [2.05, 4.69) is 27.8 Å². The summed E-state index contributed by atoms with van der Waals surface area (Å²) >= 11 is 1.68. The minimum Gasteiger partial charge on any atom is -0.378 e. The van der Waals surface area contributed by atoms with Gasteiger partial charge in [0.15, 0.2) is 0 Å². The predicted molar refractivity (Wildman–Crippen MR) is 110 cm³/mol. The molecule has 1 aliphatic carbocycles. The number of amides is 1. The number of nitrogens with zero attached hydrogens (tertiary/aromatic N) is 4. The summed E-state index contributed by atoms with van der Waals surface area (Å²) in [6.07, 6.45) is 2.47. The molecule has 0 spiro atoms. The fraction of sp³-hybridized carbons (Fsp3) is 0.571. The van der Waals surface area contributed by atoms with Gasteiger partial charge in [0, 0.05) is 25.7 Å². The highest BCUT2D eigenvalue weighted by atomic mass is 32.1. The van der Waals surface area contributed by atoms with E-state index in [1.54, 1.807) is 11.3 Å². The third-order valence-corrected chi connectivity index (χ3v) is 7.24. The van der Waals surface area contributed by atoms with Gasteiger partial charge in [-0.25, -0.2) is 9.97 Å². The van der Waals surface area contributed by atoms with Crippen molar-refractivity contribution < 1.29 is 9.53 Å². The Balaban J connectivity index is 1.60. The van der Waals surface area contributed by atoms with Crippen LogP contribution in [0, 0.1) is 19.8 Å². The van der Waals surface area contributed by atoms with Crippen molar-refractivity contribution >= 4 is 23.1 Å². The molecule has 0 aromatic carbocycles. The molecular formula is C21H26N4O2S. The third-order valence-electron chi connectivity index (χ3n) is 6.14. The number of hydrogen-bond donors (Lipinski definition) is 0. The normalized spacial score (nSPS) is 20.6. The highest BCUT2D eigenvalue weighted by Gasteiger charge is 2.41. The Morgan fingerprint density at radius 2 is 1.96 bits per heavy atom. The average molecular weight is 399 g/mol. The van der Waals surface area contributed by atoms with Gasteiger partial charge < -0.3 is 14.5 Å². The van der Waals surface area contributed by atoms with Crippen LogP contribution in [-0.4, -0.2) is 53.1 Å². The molecule has 1 atom stereocenters. The van der Waals surface area contributed by atoms with Gasteiger partial charge in [-0.15, -0.1) is 11.3 Å². The van der Waals surface area contributed by atoms with E-state index in [9.17, 15) is 4.79 Å². The van der Waals surface area contributed by atoms with Crippen LogP contribution in [0.3, 0.4) is 0 Å². The summed E-state index contributed by atoms with van der Waals surface area (Å²) < 4.78 is 5.53. The van der Waals surface area contributed by atoms with Gasteiger partial charge in [-0.05, 0) is 51.2 Å². The molecule has 2 aromatic rings. The first-order valence-corrected chi connectivity index (χ1v) is 11.0. The van der Waals surface area contributed by atoms with Gasteiger partial charge in [0.2, 0.25) is 0 Å². The van der Waals surface area contributed by atoms with Crippen molar-refractivity contribution in [2.24, 2.45) is 5.92 Å². The molecule has 2 fully saturated rings. The number of pyridine rings is 1. The van der Waals surface area contributed by atoms with Crippen LogP contribution in [0.1, 0.15) is 46.4 Å². The van der Waals surface area contributed by atoms with Crippen molar-refractivity contribution in [1.29, 1.82) is 0 Å². The number of carbonyl (C=O) groups is 1. The Kier molecular flexibility index (Phi) is 4.39. The monoisotopic (exact) mass is 398 g/mol. The fourth-order valence-corrected chi connectivity index (χ4v) is 5.27. The van der Waals surface area contributed by atoms with E-state index in [1.807, 2.05) is 13.8 Å². The molecule has 0 N–H and O–H groups in total. The number of rotatable bonds is 4. The van der Waals surface area contributed by atoms with Crippen molar-refractivity contribution in [1.82, 2.24) is 14.9 Å². The summed E-state index contributed by atoms with van der Waals surface area (Å²) in [6.45, 7) is 9.85. The van der Waals surface area contributed by atoms with Crippen molar-refractivity contribution in [3.05, 3.63) is 27.9 Å². The lowest BCUT2D eigenvalue weighted by atomic mass is 10.1. The van der Waals surface area contributed by atoms with Crippen LogP contribution < -0.4 is 4.90 Å². The Labute approximate surface area is 169 Å². The van der Waals surface area contributed by atoms with Crippen LogP contribution in [0.2, 0.25) is 0 Å². The van der Waals surface area contributed by atoms with Crippen LogP contribution in [0.4, 0.5) is 5.82 Å². The summed E-state index contributed by atoms with van der Waals surface area (Å²) in [5.74, 6) is 1.63. The maximum atomic E-state index is 13.4. The number of hydrogen-bond acceptors (Lipinski definition) is 6. The quantitative estimate of drug-likeness (QED) is 0.790. The van der Waals surface area contributed by atoms with Crippen molar-refractivity contribution in [3.8, 4) is 10.6 Å². The molecular weight excluding hydrogens is 372 g/mol. The van der Waals surface area contributed by atoms with E-state index in [0.29, 0.717) is 31.7 Å². The van der Waals surface area contributed by atoms with Gasteiger partial charge in [-0.2, -0.15) is 0 Å². The van der Waals surface area contributed by atoms with Gasteiger partial charge in [0.1, 0.15) is 5.82 Å². The Hall–Kier alpha value is -1.99. The number of morpholine rings is 1. The highest BCUT2D eigenvalue weighted by Crippen LogP contribution is 2.41. The number of thiazole rings is 1. The number of fused-ring (bicyclic) bond motifs is 1. The zero-order valence-electron chi connectivity index (χ0n) is 16.7. The lowest BCUT2D eigenvalue weighted by Crippen LogP contribution is -2.39. The number of anilines is 1. The van der Waals surface area contributed by atoms with E-state index in [-0.39, 0.29) is 5.91 Å². The third kappa shape index (κ3) is 3.01. The summed E-state index contributed by atoms with van der Waals surface area (Å²) in [5.41, 5.74) is 3.86. The molecule has 28 heavy (non-hydrogen) atoms. The zero-order chi connectivity index (χ0) is 19.4. The fourth-order valence-electron chi connectivity index (χ4n) is 4.39. The molecule has 6 nitrogen and oxygen atoms in total. The predicted octanol–water partition coefficient (Wildman–Crippen LogP) is 3.41. The molecule has 4 heterocycles. The lowest BCUT2D eigenvalue weighted by molar-refractivity contribution is 0.0697. The molecule has 3 aliphatic rings. The van der Waals surface area contributed by atoms with Gasteiger partial charge in [0.05, 0.1) is 40.0 Å². The molecule has 1 amide bonds. The van der Waals surface area contributed by atoms with Crippen molar-refractivity contribution in [2.75, 3.05) is 31.2 Å². The maximum absolute atomic E-state index is 13.4. The highest BCUT2D eigenvalue weighted by molar-refractivity contribution is 7.15. The van der Waals surface area contributed by atoms with E-state index in [4.69, 9.17) is 9.72 Å². The second kappa shape index (κ2) is 6.81. The molecule has 7 heteroatoms. The number of aromatic nitrogens is 2. The molecule has 148 valence electrons. The van der Waals surface area contributed by atoms with Crippen molar-refractivity contribution in [3.63, 3.8) is 0 Å². The topological polar surface area (TPSA) is 58.6 Å². The average Bonchev–Trinajstić information content (AvgIpc) is 3.42. The molecule has 0 radical (unpaired) electrons. The number of aryl methyl sites for hydroxylation is 2. The Bertz CT molecular complexity index is 931. The molecule has 2 aromatic heterocycles. The first kappa shape index (κ1) is 18.1. The smallest absolute Gasteiger partial charge is 0.258 e. The van der Waals surface area contributed by atoms with E-state index < -0.39 is 0 Å². The van der Waals surface area contributed by atoms with Gasteiger partial charge in [-0.3, -0.25) is 4.79 Å². The molecule has 5 rings (SSSR count). The standard InChI is InChI=1S/C21H26N4O2S/c1-12-19(28-14(3)22-12)17-10-16-11-25(13(2)15-4-5-15)21(26)18(16)20(23-17)24-6-8-27-9-7-24/h10,13,15H,4-9,11H2,1-3H3/t13-/m1/s1. The van der Waals surface area contributed by atoms with Gasteiger partial charge >= 0.3 is 0 Å². The van der Waals surface area contributed by atoms with Crippen LogP contribution in [0.15, 0.2) is 6.07 Å². The van der Waals surface area contributed by atoms with Gasteiger partial charge in [-0.1, -0.05) is 0 Å². The Morgan fingerprint density at radius 3 is 2.61 bits per heavy atom. The summed E-state index contributed by atoms with van der Waals surface area (Å²) in [4.78, 5) is 28.3. The molecule has 1 saturated carbocycles. The SMILES string of the molecule is Cc1nc(C)c(-c2cc3c(c(N4CCOCC4)n2)C(=O)N([C@H](C)C2CC2)C3)s1. The summed E-state index contributed by atoms with van der Waals surface area (Å²) in [5, 5.41) is 1.04. The van der Waals surface area contributed by atoms with Crippen LogP contribution >= 0.6 is 11.3 Å². The van der Waals surface area contributed by atoms with E-state index in [1.165, 1.54) is 12.8 Å². The Morgan fingerprint density at radius 1 is 1.21 bits per heavy atom. The minimum atomic E-state index is 0.146. The van der Waals surface area contributed by atoms with Crippen LogP contribution in [-0.2, 0) is 11.3 Å². The number of carbonyl (C=O) groups excluding carboxylic acids is 1. The first-order valence-electron chi connectivity index (χ1n) is 10.1. The molecule has 0 bridgehead atoms. The van der Waals surface area contributed by atoms with Gasteiger partial charge in [0.25, 0.3) is 5.91 Å². The zero-order valence-corrected chi connectivity index (χ0v) is 17.5. The van der Waals surface area contributed by atoms with Crippen molar-refractivity contribution in [2.45, 2.75) is 46.2 Å². The van der Waals surface area contributed by atoms with Crippen LogP contribution in [0.25, 0.3) is 10.6 Å². The lowest BCUT2D eigenvalue weighted by Gasteiger charge is -2.29. The summed E-state index contributed by atoms with van der Waals surface area (Å²) in [6, 6.07) is 2.42. The molecule has 2 aliphatic heterocycles. The largest absolute Gasteiger partial charge is 0.378 e. The number of ether oxygens (including phenoxy) is 1. The maximum Gasteiger partial charge on any atom is 0.258 e. The minimum absolute atomic E-state index is 0.146. The molecule has 1 saturated heterocycles. The first-order chi connectivity index (χ1) is 13.5. The molecule has 0 unspecified atom stereocenters. The second-order valence-corrected chi connectivity index (χ2v) is 9.33. The van der Waals surface area contributed by atoms with E-state index in [0.717, 1.165) is 51.3 Å². The van der Waals surface area contributed by atoms with Crippen LogP contribution in [0.5, 0.6) is 0 Å². The second-order valence-electron chi connectivity index (χ2n) is 8.12. The van der Waals surface area contributed by atoms with E-state index >= 15 is 0 Å². The summed E-state index contributed by atoms with van der Waals surface area (Å²) in [7, 11) is 0.